The second-order valence-electron chi connectivity index (χ2n) is 4.77. The Labute approximate surface area is 130 Å². The minimum absolute atomic E-state index is 0.650. The van der Waals surface area contributed by atoms with Crippen molar-refractivity contribution in [3.05, 3.63) is 23.8 Å². The van der Waals surface area contributed by atoms with Crippen LogP contribution in [-0.4, -0.2) is 56.2 Å². The van der Waals surface area contributed by atoms with E-state index in [1.165, 1.54) is 0 Å². The van der Waals surface area contributed by atoms with Gasteiger partial charge in [-0.05, 0) is 30.2 Å². The van der Waals surface area contributed by atoms with Crippen molar-refractivity contribution < 1.29 is 9.47 Å². The van der Waals surface area contributed by atoms with Gasteiger partial charge in [0, 0.05) is 31.1 Å². The summed E-state index contributed by atoms with van der Waals surface area (Å²) in [5.74, 6) is 4.59. The quantitative estimate of drug-likeness (QED) is 0.661. The van der Waals surface area contributed by atoms with Crippen molar-refractivity contribution in [2.24, 2.45) is 10.7 Å². The fraction of sp³-hybridized carbons (Fsp3) is 0.533. The molecule has 1 fully saturated rings. The minimum Gasteiger partial charge on any atom is -0.497 e. The molecular formula is C15H23N3O2S. The van der Waals surface area contributed by atoms with Gasteiger partial charge in [-0.15, -0.1) is 0 Å². The zero-order valence-electron chi connectivity index (χ0n) is 12.7. The average molecular weight is 309 g/mol. The molecule has 1 aromatic carbocycles. The highest BCUT2D eigenvalue weighted by atomic mass is 32.2. The molecule has 1 heterocycles. The Morgan fingerprint density at radius 2 is 2.05 bits per heavy atom. The van der Waals surface area contributed by atoms with E-state index in [1.54, 1.807) is 14.2 Å². The van der Waals surface area contributed by atoms with E-state index in [0.29, 0.717) is 12.5 Å². The third-order valence-corrected chi connectivity index (χ3v) is 4.42. The van der Waals surface area contributed by atoms with E-state index in [9.17, 15) is 0 Å². The van der Waals surface area contributed by atoms with Gasteiger partial charge in [0.1, 0.15) is 11.5 Å². The number of hydrogen-bond acceptors (Lipinski definition) is 4. The van der Waals surface area contributed by atoms with Crippen LogP contribution in [0.3, 0.4) is 0 Å². The number of nitrogens with two attached hydrogens (primary N) is 1. The lowest BCUT2D eigenvalue weighted by atomic mass is 10.1. The lowest BCUT2D eigenvalue weighted by Gasteiger charge is -2.27. The van der Waals surface area contributed by atoms with Crippen LogP contribution in [0.1, 0.15) is 5.56 Å². The van der Waals surface area contributed by atoms with Gasteiger partial charge in [-0.25, -0.2) is 0 Å². The number of methoxy groups -OCH3 is 2. The van der Waals surface area contributed by atoms with Crippen molar-refractivity contribution in [2.75, 3.05) is 45.4 Å². The Bertz CT molecular complexity index is 488. The summed E-state index contributed by atoms with van der Waals surface area (Å²) in [5, 5.41) is 0. The maximum Gasteiger partial charge on any atom is 0.191 e. The SMILES string of the molecule is COc1ccc(OC)c(CCN=C(N)N2CCSCC2)c1. The molecule has 2 N–H and O–H groups in total. The van der Waals surface area contributed by atoms with Crippen molar-refractivity contribution in [3.63, 3.8) is 0 Å². The largest absolute Gasteiger partial charge is 0.497 e. The summed E-state index contributed by atoms with van der Waals surface area (Å²) in [6, 6.07) is 5.80. The van der Waals surface area contributed by atoms with Gasteiger partial charge in [-0.2, -0.15) is 11.8 Å². The van der Waals surface area contributed by atoms with E-state index < -0.39 is 0 Å². The smallest absolute Gasteiger partial charge is 0.191 e. The molecule has 0 aromatic heterocycles. The Morgan fingerprint density at radius 3 is 2.71 bits per heavy atom. The Hall–Kier alpha value is -1.56. The molecule has 116 valence electrons. The number of benzene rings is 1. The van der Waals surface area contributed by atoms with Gasteiger partial charge in [0.15, 0.2) is 5.96 Å². The molecule has 1 aliphatic heterocycles. The van der Waals surface area contributed by atoms with E-state index in [2.05, 4.69) is 9.89 Å². The first kappa shape index (κ1) is 15.8. The third kappa shape index (κ3) is 4.46. The van der Waals surface area contributed by atoms with Crippen molar-refractivity contribution in [2.45, 2.75) is 6.42 Å². The molecule has 21 heavy (non-hydrogen) atoms. The Balaban J connectivity index is 1.95. The summed E-state index contributed by atoms with van der Waals surface area (Å²) in [7, 11) is 3.34. The summed E-state index contributed by atoms with van der Waals surface area (Å²) < 4.78 is 10.6. The molecule has 2 rings (SSSR count). The lowest BCUT2D eigenvalue weighted by Crippen LogP contribution is -2.42. The summed E-state index contributed by atoms with van der Waals surface area (Å²) >= 11 is 1.96. The minimum atomic E-state index is 0.650. The van der Waals surface area contributed by atoms with Crippen LogP contribution in [0.25, 0.3) is 0 Å². The van der Waals surface area contributed by atoms with Gasteiger partial charge in [-0.3, -0.25) is 4.99 Å². The van der Waals surface area contributed by atoms with Crippen LogP contribution in [0.4, 0.5) is 0 Å². The topological polar surface area (TPSA) is 60.1 Å². The molecule has 6 heteroatoms. The van der Waals surface area contributed by atoms with E-state index in [4.69, 9.17) is 15.2 Å². The standard InChI is InChI=1S/C15H23N3O2S/c1-19-13-3-4-14(20-2)12(11-13)5-6-17-15(16)18-7-9-21-10-8-18/h3-4,11H,5-10H2,1-2H3,(H2,16,17). The maximum atomic E-state index is 6.05. The van der Waals surface area contributed by atoms with E-state index in [0.717, 1.165) is 48.1 Å². The van der Waals surface area contributed by atoms with Crippen molar-refractivity contribution in [3.8, 4) is 11.5 Å². The molecule has 0 radical (unpaired) electrons. The van der Waals surface area contributed by atoms with Gasteiger partial charge in [0.2, 0.25) is 0 Å². The molecule has 1 aliphatic rings. The highest BCUT2D eigenvalue weighted by Crippen LogP contribution is 2.24. The van der Waals surface area contributed by atoms with Gasteiger partial charge in [0.25, 0.3) is 0 Å². The highest BCUT2D eigenvalue weighted by molar-refractivity contribution is 7.99. The summed E-state index contributed by atoms with van der Waals surface area (Å²) in [6.45, 7) is 2.63. The first-order valence-electron chi connectivity index (χ1n) is 7.08. The van der Waals surface area contributed by atoms with Crippen LogP contribution in [-0.2, 0) is 6.42 Å². The van der Waals surface area contributed by atoms with Crippen molar-refractivity contribution in [1.29, 1.82) is 0 Å². The number of guanidine groups is 1. The van der Waals surface area contributed by atoms with E-state index >= 15 is 0 Å². The van der Waals surface area contributed by atoms with Crippen LogP contribution in [0, 0.1) is 0 Å². The van der Waals surface area contributed by atoms with Gasteiger partial charge in [0.05, 0.1) is 14.2 Å². The van der Waals surface area contributed by atoms with Gasteiger partial charge in [-0.1, -0.05) is 0 Å². The number of rotatable bonds is 5. The number of aliphatic imine (C=N–C) groups is 1. The zero-order chi connectivity index (χ0) is 15.1. The van der Waals surface area contributed by atoms with Crippen LogP contribution in [0.2, 0.25) is 0 Å². The fourth-order valence-electron chi connectivity index (χ4n) is 2.26. The summed E-state index contributed by atoms with van der Waals surface area (Å²) in [6.07, 6.45) is 0.781. The fourth-order valence-corrected chi connectivity index (χ4v) is 3.16. The number of nitrogens with zero attached hydrogens (tertiary/aromatic N) is 2. The number of hydrogen-bond donors (Lipinski definition) is 1. The van der Waals surface area contributed by atoms with Gasteiger partial charge >= 0.3 is 0 Å². The van der Waals surface area contributed by atoms with E-state index in [1.807, 2.05) is 30.0 Å². The molecular weight excluding hydrogens is 286 g/mol. The van der Waals surface area contributed by atoms with E-state index in [-0.39, 0.29) is 0 Å². The molecule has 0 saturated carbocycles. The number of ether oxygens (including phenoxy) is 2. The third-order valence-electron chi connectivity index (χ3n) is 3.48. The lowest BCUT2D eigenvalue weighted by molar-refractivity contribution is 0.398. The van der Waals surface area contributed by atoms with Crippen molar-refractivity contribution in [1.82, 2.24) is 4.90 Å². The van der Waals surface area contributed by atoms with Crippen molar-refractivity contribution >= 4 is 17.7 Å². The van der Waals surface area contributed by atoms with Crippen LogP contribution >= 0.6 is 11.8 Å². The first-order valence-corrected chi connectivity index (χ1v) is 8.23. The maximum absolute atomic E-state index is 6.05. The number of thioether (sulfide) groups is 1. The molecule has 0 aliphatic carbocycles. The average Bonchev–Trinajstić information content (AvgIpc) is 2.55. The van der Waals surface area contributed by atoms with Crippen LogP contribution in [0.5, 0.6) is 11.5 Å². The molecule has 0 bridgehead atoms. The monoisotopic (exact) mass is 309 g/mol. The molecule has 1 saturated heterocycles. The molecule has 5 nitrogen and oxygen atoms in total. The Morgan fingerprint density at radius 1 is 1.29 bits per heavy atom. The van der Waals surface area contributed by atoms with Gasteiger partial charge < -0.3 is 20.1 Å². The second-order valence-corrected chi connectivity index (χ2v) is 5.99. The molecule has 0 amide bonds. The molecule has 0 atom stereocenters. The van der Waals surface area contributed by atoms with Crippen LogP contribution in [0.15, 0.2) is 23.2 Å². The summed E-state index contributed by atoms with van der Waals surface area (Å²) in [5.41, 5.74) is 7.14. The predicted octanol–water partition coefficient (Wildman–Crippen LogP) is 1.61. The first-order chi connectivity index (χ1) is 10.2. The molecule has 0 unspecified atom stereocenters. The molecule has 1 aromatic rings. The normalized spacial score (nSPS) is 15.9. The predicted molar refractivity (Wildman–Crippen MR) is 88.6 cm³/mol. The Kier molecular flexibility index (Phi) is 6.04. The zero-order valence-corrected chi connectivity index (χ0v) is 13.5. The highest BCUT2D eigenvalue weighted by Gasteiger charge is 2.12. The second kappa shape index (κ2) is 8.02. The summed E-state index contributed by atoms with van der Waals surface area (Å²) in [4.78, 5) is 6.64. The molecule has 0 spiro atoms. The van der Waals surface area contributed by atoms with Crippen LogP contribution < -0.4 is 15.2 Å².